The molecule has 3 nitrogen and oxygen atoms in total. The van der Waals surface area contributed by atoms with Gasteiger partial charge in [0.05, 0.1) is 10.2 Å². The molecule has 0 spiro atoms. The molecule has 3 aromatic rings. The normalized spacial score (nSPS) is 12.4. The average Bonchev–Trinajstić information content (AvgIpc) is 2.80. The second-order valence-corrected chi connectivity index (χ2v) is 6.01. The molecule has 0 aliphatic carbocycles. The second kappa shape index (κ2) is 5.51. The van der Waals surface area contributed by atoms with Crippen LogP contribution >= 0.6 is 11.3 Å². The highest BCUT2D eigenvalue weighted by molar-refractivity contribution is 7.22. The first kappa shape index (κ1) is 12.9. The lowest BCUT2D eigenvalue weighted by atomic mass is 10.1. The highest BCUT2D eigenvalue weighted by Crippen LogP contribution is 2.28. The van der Waals surface area contributed by atoms with Gasteiger partial charge in [0.1, 0.15) is 0 Å². The number of nitrogens with zero attached hydrogens (tertiary/aromatic N) is 1. The quantitative estimate of drug-likeness (QED) is 0.713. The number of hydrogen-bond donors (Lipinski definition) is 2. The number of rotatable bonds is 4. The number of aromatic nitrogens is 1. The number of nitrogens with two attached hydrogens (primary N) is 1. The lowest BCUT2D eigenvalue weighted by Crippen LogP contribution is -2.17. The third-order valence-corrected chi connectivity index (χ3v) is 4.12. The number of nitrogen functional groups attached to an aromatic ring is 1. The highest BCUT2D eigenvalue weighted by Gasteiger charge is 2.08. The van der Waals surface area contributed by atoms with Gasteiger partial charge in [-0.05, 0) is 37.1 Å². The number of nitrogens with one attached hydrogen (secondary N) is 1. The van der Waals surface area contributed by atoms with Gasteiger partial charge in [0.2, 0.25) is 0 Å². The largest absolute Gasteiger partial charge is 0.399 e. The summed E-state index contributed by atoms with van der Waals surface area (Å²) in [5.74, 6) is 0. The molecule has 0 fully saturated rings. The standard InChI is InChI=1S/C16H17N3S/c1-11(9-12-5-3-2-4-6-12)18-16-19-14-8-7-13(17)10-15(14)20-16/h2-8,10-11H,9,17H2,1H3,(H,18,19). The van der Waals surface area contributed by atoms with Crippen molar-refractivity contribution in [1.82, 2.24) is 4.98 Å². The first-order valence-corrected chi connectivity index (χ1v) is 7.49. The third-order valence-electron chi connectivity index (χ3n) is 3.17. The molecule has 1 atom stereocenters. The first-order valence-electron chi connectivity index (χ1n) is 6.67. The maximum Gasteiger partial charge on any atom is 0.184 e. The molecule has 1 heterocycles. The molecule has 20 heavy (non-hydrogen) atoms. The summed E-state index contributed by atoms with van der Waals surface area (Å²) in [7, 11) is 0. The smallest absolute Gasteiger partial charge is 0.184 e. The summed E-state index contributed by atoms with van der Waals surface area (Å²) in [4.78, 5) is 4.59. The third kappa shape index (κ3) is 2.91. The van der Waals surface area contributed by atoms with E-state index in [0.717, 1.165) is 27.5 Å². The van der Waals surface area contributed by atoms with Gasteiger partial charge in [-0.1, -0.05) is 41.7 Å². The van der Waals surface area contributed by atoms with E-state index in [-0.39, 0.29) is 0 Å². The van der Waals surface area contributed by atoms with Gasteiger partial charge in [0.25, 0.3) is 0 Å². The van der Waals surface area contributed by atoms with Gasteiger partial charge < -0.3 is 11.1 Å². The van der Waals surface area contributed by atoms with Crippen LogP contribution in [0.15, 0.2) is 48.5 Å². The minimum Gasteiger partial charge on any atom is -0.399 e. The Hall–Kier alpha value is -2.07. The van der Waals surface area contributed by atoms with Crippen LogP contribution in [0.3, 0.4) is 0 Å². The van der Waals surface area contributed by atoms with E-state index in [0.29, 0.717) is 6.04 Å². The Morgan fingerprint density at radius 1 is 1.20 bits per heavy atom. The molecule has 1 aromatic heterocycles. The summed E-state index contributed by atoms with van der Waals surface area (Å²) in [6.45, 7) is 2.17. The van der Waals surface area contributed by atoms with E-state index in [9.17, 15) is 0 Å². The van der Waals surface area contributed by atoms with Crippen molar-refractivity contribution >= 4 is 32.4 Å². The van der Waals surface area contributed by atoms with Gasteiger partial charge >= 0.3 is 0 Å². The summed E-state index contributed by atoms with van der Waals surface area (Å²) < 4.78 is 1.12. The molecule has 0 saturated carbocycles. The maximum atomic E-state index is 5.80. The van der Waals surface area contributed by atoms with Gasteiger partial charge in [-0.3, -0.25) is 0 Å². The Bertz CT molecular complexity index is 706. The number of fused-ring (bicyclic) bond motifs is 1. The first-order chi connectivity index (χ1) is 9.70. The van der Waals surface area contributed by atoms with Crippen LogP contribution in [-0.2, 0) is 6.42 Å². The summed E-state index contributed by atoms with van der Waals surface area (Å²) in [6.07, 6.45) is 0.985. The average molecular weight is 283 g/mol. The predicted octanol–water partition coefficient (Wildman–Crippen LogP) is 3.92. The fourth-order valence-corrected chi connectivity index (χ4v) is 3.26. The van der Waals surface area contributed by atoms with E-state index in [1.165, 1.54) is 5.56 Å². The van der Waals surface area contributed by atoms with Crippen molar-refractivity contribution in [3.8, 4) is 0 Å². The SMILES string of the molecule is CC(Cc1ccccc1)Nc1nc2ccc(N)cc2s1. The van der Waals surface area contributed by atoms with Crippen LogP contribution in [0.5, 0.6) is 0 Å². The van der Waals surface area contributed by atoms with Crippen molar-refractivity contribution in [2.75, 3.05) is 11.1 Å². The number of hydrogen-bond acceptors (Lipinski definition) is 4. The second-order valence-electron chi connectivity index (χ2n) is 4.98. The molecular formula is C16H17N3S. The zero-order valence-corrected chi connectivity index (χ0v) is 12.2. The Morgan fingerprint density at radius 3 is 2.80 bits per heavy atom. The number of thiazole rings is 1. The minimum atomic E-state index is 0.343. The number of benzene rings is 2. The predicted molar refractivity (Wildman–Crippen MR) is 87.3 cm³/mol. The van der Waals surface area contributed by atoms with Gasteiger partial charge in [0.15, 0.2) is 5.13 Å². The molecule has 0 bridgehead atoms. The molecule has 0 amide bonds. The van der Waals surface area contributed by atoms with Crippen LogP contribution in [0.1, 0.15) is 12.5 Å². The number of anilines is 2. The maximum absolute atomic E-state index is 5.80. The Kier molecular flexibility index (Phi) is 3.56. The van der Waals surface area contributed by atoms with Crippen molar-refractivity contribution in [2.24, 2.45) is 0 Å². The summed E-state index contributed by atoms with van der Waals surface area (Å²) in [5.41, 5.74) is 8.91. The fourth-order valence-electron chi connectivity index (χ4n) is 2.23. The molecule has 2 aromatic carbocycles. The van der Waals surface area contributed by atoms with E-state index >= 15 is 0 Å². The van der Waals surface area contributed by atoms with Crippen LogP contribution in [0.4, 0.5) is 10.8 Å². The summed E-state index contributed by atoms with van der Waals surface area (Å²) >= 11 is 1.65. The Labute approximate surface area is 122 Å². The van der Waals surface area contributed by atoms with Gasteiger partial charge in [-0.15, -0.1) is 0 Å². The molecule has 3 N–H and O–H groups in total. The summed E-state index contributed by atoms with van der Waals surface area (Å²) in [6, 6.07) is 16.7. The molecule has 3 rings (SSSR count). The van der Waals surface area contributed by atoms with E-state index in [1.807, 2.05) is 24.3 Å². The molecule has 0 saturated heterocycles. The monoisotopic (exact) mass is 283 g/mol. The molecular weight excluding hydrogens is 266 g/mol. The van der Waals surface area contributed by atoms with E-state index in [2.05, 4.69) is 41.5 Å². The van der Waals surface area contributed by atoms with Crippen molar-refractivity contribution in [3.05, 3.63) is 54.1 Å². The topological polar surface area (TPSA) is 50.9 Å². The van der Waals surface area contributed by atoms with E-state index in [1.54, 1.807) is 11.3 Å². The van der Waals surface area contributed by atoms with Crippen LogP contribution < -0.4 is 11.1 Å². The van der Waals surface area contributed by atoms with Crippen molar-refractivity contribution < 1.29 is 0 Å². The van der Waals surface area contributed by atoms with Gasteiger partial charge in [-0.2, -0.15) is 0 Å². The molecule has 1 unspecified atom stereocenters. The molecule has 0 aliphatic rings. The minimum absolute atomic E-state index is 0.343. The van der Waals surface area contributed by atoms with E-state index < -0.39 is 0 Å². The van der Waals surface area contributed by atoms with E-state index in [4.69, 9.17) is 5.73 Å². The molecule has 0 radical (unpaired) electrons. The molecule has 0 aliphatic heterocycles. The Morgan fingerprint density at radius 2 is 2.00 bits per heavy atom. The van der Waals surface area contributed by atoms with Crippen molar-refractivity contribution in [2.45, 2.75) is 19.4 Å². The zero-order chi connectivity index (χ0) is 13.9. The highest BCUT2D eigenvalue weighted by atomic mass is 32.1. The zero-order valence-electron chi connectivity index (χ0n) is 11.3. The van der Waals surface area contributed by atoms with Crippen LogP contribution in [0, 0.1) is 0 Å². The fraction of sp³-hybridized carbons (Fsp3) is 0.188. The van der Waals surface area contributed by atoms with Crippen molar-refractivity contribution in [3.63, 3.8) is 0 Å². The Balaban J connectivity index is 1.72. The molecule has 102 valence electrons. The lowest BCUT2D eigenvalue weighted by Gasteiger charge is -2.12. The molecule has 4 heteroatoms. The lowest BCUT2D eigenvalue weighted by molar-refractivity contribution is 0.789. The van der Waals surface area contributed by atoms with Gasteiger partial charge in [0, 0.05) is 11.7 Å². The van der Waals surface area contributed by atoms with Gasteiger partial charge in [-0.25, -0.2) is 4.98 Å². The van der Waals surface area contributed by atoms with Crippen LogP contribution in [0.2, 0.25) is 0 Å². The summed E-state index contributed by atoms with van der Waals surface area (Å²) in [5, 5.41) is 4.42. The van der Waals surface area contributed by atoms with Crippen LogP contribution in [-0.4, -0.2) is 11.0 Å². The van der Waals surface area contributed by atoms with Crippen LogP contribution in [0.25, 0.3) is 10.2 Å². The van der Waals surface area contributed by atoms with Crippen molar-refractivity contribution in [1.29, 1.82) is 0 Å².